The quantitative estimate of drug-likeness (QED) is 0.280. The van der Waals surface area contributed by atoms with Crippen LogP contribution in [0.2, 0.25) is 0 Å². The summed E-state index contributed by atoms with van der Waals surface area (Å²) in [6.07, 6.45) is 0.685. The Hall–Kier alpha value is -1.67. The van der Waals surface area contributed by atoms with Gasteiger partial charge in [-0.25, -0.2) is 10.6 Å². The molecule has 0 unspecified atom stereocenters. The minimum Gasteiger partial charge on any atom is -0.346 e. The maximum atomic E-state index is 10.6. The Labute approximate surface area is 74.7 Å². The fraction of sp³-hybridized carbons (Fsp3) is 0.400. The number of nitrogens with zero attached hydrogens (tertiary/aromatic N) is 2. The van der Waals surface area contributed by atoms with E-state index in [2.05, 4.69) is 10.3 Å². The van der Waals surface area contributed by atoms with Crippen LogP contribution in [0.25, 0.3) is 0 Å². The highest BCUT2D eigenvalue weighted by atomic mass is 17.0. The second-order valence-corrected chi connectivity index (χ2v) is 2.38. The standard InChI is InChI=1S/C5H11N5O3/c1-9(2)4-3-7-10(12-4)13-5(11)8-6/h3,7H,6H2,1-2H3,(H,8,11). The molecule has 1 rings (SSSR count). The van der Waals surface area contributed by atoms with E-state index in [9.17, 15) is 4.79 Å². The van der Waals surface area contributed by atoms with Crippen LogP contribution in [0.4, 0.5) is 4.79 Å². The molecule has 1 heterocycles. The Kier molecular flexibility index (Phi) is 2.77. The number of carbonyl (C=O) groups is 1. The molecule has 1 aliphatic rings. The molecule has 13 heavy (non-hydrogen) atoms. The second-order valence-electron chi connectivity index (χ2n) is 2.38. The highest BCUT2D eigenvalue weighted by Crippen LogP contribution is 2.08. The van der Waals surface area contributed by atoms with Gasteiger partial charge >= 0.3 is 6.09 Å². The van der Waals surface area contributed by atoms with Crippen molar-refractivity contribution in [3.05, 3.63) is 12.1 Å². The number of nitrogens with one attached hydrogen (secondary N) is 2. The summed E-state index contributed by atoms with van der Waals surface area (Å²) in [4.78, 5) is 21.7. The molecule has 0 saturated heterocycles. The van der Waals surface area contributed by atoms with Gasteiger partial charge in [-0.1, -0.05) is 0 Å². The summed E-state index contributed by atoms with van der Waals surface area (Å²) in [5.41, 5.74) is 4.30. The molecular formula is C5H11N5O3. The summed E-state index contributed by atoms with van der Waals surface area (Å²) in [6, 6.07) is 0. The molecule has 0 aromatic heterocycles. The number of nitrogens with two attached hydrogens (primary N) is 1. The van der Waals surface area contributed by atoms with E-state index >= 15 is 0 Å². The van der Waals surface area contributed by atoms with E-state index in [0.717, 1.165) is 5.34 Å². The Bertz CT molecular complexity index is 228. The third-order valence-electron chi connectivity index (χ3n) is 1.19. The van der Waals surface area contributed by atoms with Crippen LogP contribution < -0.4 is 16.7 Å². The zero-order valence-electron chi connectivity index (χ0n) is 7.27. The zero-order chi connectivity index (χ0) is 9.84. The van der Waals surface area contributed by atoms with Crippen LogP contribution in [0.15, 0.2) is 12.1 Å². The van der Waals surface area contributed by atoms with Gasteiger partial charge < -0.3 is 9.74 Å². The van der Waals surface area contributed by atoms with Crippen molar-refractivity contribution in [1.82, 2.24) is 21.1 Å². The van der Waals surface area contributed by atoms with Gasteiger partial charge in [-0.2, -0.15) is 0 Å². The largest absolute Gasteiger partial charge is 0.444 e. The lowest BCUT2D eigenvalue weighted by Gasteiger charge is -2.16. The fourth-order valence-corrected chi connectivity index (χ4v) is 0.603. The summed E-state index contributed by atoms with van der Waals surface area (Å²) in [6.45, 7) is 0. The van der Waals surface area contributed by atoms with Gasteiger partial charge in [0.05, 0.1) is 6.20 Å². The summed E-state index contributed by atoms with van der Waals surface area (Å²) in [7, 11) is 3.56. The predicted molar refractivity (Wildman–Crippen MR) is 41.6 cm³/mol. The molecule has 0 aromatic carbocycles. The van der Waals surface area contributed by atoms with Crippen molar-refractivity contribution in [2.24, 2.45) is 5.84 Å². The highest BCUT2D eigenvalue weighted by molar-refractivity contribution is 5.65. The summed E-state index contributed by atoms with van der Waals surface area (Å²) >= 11 is 0. The lowest BCUT2D eigenvalue weighted by atomic mass is 10.7. The zero-order valence-corrected chi connectivity index (χ0v) is 7.27. The van der Waals surface area contributed by atoms with Crippen LogP contribution in [-0.2, 0) is 9.68 Å². The average molecular weight is 189 g/mol. The minimum atomic E-state index is -0.832. The molecule has 8 nitrogen and oxygen atoms in total. The third kappa shape index (κ3) is 2.39. The van der Waals surface area contributed by atoms with Gasteiger partial charge in [-0.05, 0) is 0 Å². The van der Waals surface area contributed by atoms with Gasteiger partial charge in [-0.3, -0.25) is 15.7 Å². The molecular weight excluding hydrogens is 178 g/mol. The molecule has 0 radical (unpaired) electrons. The third-order valence-corrected chi connectivity index (χ3v) is 1.19. The fourth-order valence-electron chi connectivity index (χ4n) is 0.603. The van der Waals surface area contributed by atoms with Gasteiger partial charge in [0.25, 0.3) is 0 Å². The maximum absolute atomic E-state index is 10.6. The smallest absolute Gasteiger partial charge is 0.346 e. The van der Waals surface area contributed by atoms with E-state index in [0.29, 0.717) is 5.88 Å². The SMILES string of the molecule is CN(C)C1=CNN(OC(=O)NN)O1. The van der Waals surface area contributed by atoms with Gasteiger partial charge in [0.2, 0.25) is 5.88 Å². The molecule has 1 amide bonds. The minimum absolute atomic E-state index is 0.504. The molecule has 1 aliphatic heterocycles. The van der Waals surface area contributed by atoms with Crippen LogP contribution >= 0.6 is 0 Å². The van der Waals surface area contributed by atoms with Crippen LogP contribution in [0.3, 0.4) is 0 Å². The Morgan fingerprint density at radius 2 is 2.54 bits per heavy atom. The first-order valence-corrected chi connectivity index (χ1v) is 3.44. The highest BCUT2D eigenvalue weighted by Gasteiger charge is 2.20. The first-order valence-electron chi connectivity index (χ1n) is 3.44. The summed E-state index contributed by atoms with van der Waals surface area (Å²) in [5, 5.41) is 0.775. The molecule has 0 aromatic rings. The van der Waals surface area contributed by atoms with Gasteiger partial charge in [0, 0.05) is 14.1 Å². The van der Waals surface area contributed by atoms with Crippen molar-refractivity contribution < 1.29 is 14.5 Å². The van der Waals surface area contributed by atoms with Gasteiger partial charge in [0.15, 0.2) is 0 Å². The lowest BCUT2D eigenvalue weighted by Crippen LogP contribution is -2.39. The number of rotatable bonds is 2. The predicted octanol–water partition coefficient (Wildman–Crippen LogP) is -1.39. The number of hydrogen-bond acceptors (Lipinski definition) is 7. The molecule has 74 valence electrons. The maximum Gasteiger partial charge on any atom is 0.444 e. The molecule has 0 aliphatic carbocycles. The van der Waals surface area contributed by atoms with E-state index in [1.807, 2.05) is 0 Å². The Morgan fingerprint density at radius 1 is 1.85 bits per heavy atom. The first kappa shape index (κ1) is 9.42. The van der Waals surface area contributed by atoms with Crippen molar-refractivity contribution in [1.29, 1.82) is 0 Å². The molecule has 0 saturated carbocycles. The molecule has 0 spiro atoms. The second kappa shape index (κ2) is 3.83. The van der Waals surface area contributed by atoms with Crippen LogP contribution in [0.5, 0.6) is 0 Å². The van der Waals surface area contributed by atoms with Crippen molar-refractivity contribution in [2.75, 3.05) is 14.1 Å². The van der Waals surface area contributed by atoms with E-state index in [1.54, 1.807) is 24.4 Å². The number of amides is 1. The van der Waals surface area contributed by atoms with E-state index in [-0.39, 0.29) is 0 Å². The topological polar surface area (TPSA) is 92.1 Å². The lowest BCUT2D eigenvalue weighted by molar-refractivity contribution is -0.329. The van der Waals surface area contributed by atoms with Crippen LogP contribution in [0.1, 0.15) is 0 Å². The molecule has 0 fully saturated rings. The van der Waals surface area contributed by atoms with Crippen molar-refractivity contribution in [2.45, 2.75) is 0 Å². The Morgan fingerprint density at radius 3 is 3.00 bits per heavy atom. The van der Waals surface area contributed by atoms with Crippen molar-refractivity contribution in [3.8, 4) is 0 Å². The van der Waals surface area contributed by atoms with Crippen molar-refractivity contribution >= 4 is 6.09 Å². The monoisotopic (exact) mass is 189 g/mol. The van der Waals surface area contributed by atoms with Crippen LogP contribution in [0, 0.1) is 0 Å². The van der Waals surface area contributed by atoms with E-state index in [1.165, 1.54) is 6.20 Å². The molecule has 8 heteroatoms. The van der Waals surface area contributed by atoms with Crippen LogP contribution in [-0.4, -0.2) is 30.4 Å². The van der Waals surface area contributed by atoms with Gasteiger partial charge in [-0.15, -0.1) is 0 Å². The molecule has 4 N–H and O–H groups in total. The number of carbonyl (C=O) groups excluding carboxylic acids is 1. The van der Waals surface area contributed by atoms with Gasteiger partial charge in [0.1, 0.15) is 5.34 Å². The molecule has 0 atom stereocenters. The number of hydrogen-bond donors (Lipinski definition) is 3. The normalized spacial score (nSPS) is 15.5. The average Bonchev–Trinajstić information content (AvgIpc) is 2.52. The van der Waals surface area contributed by atoms with E-state index < -0.39 is 6.09 Å². The summed E-state index contributed by atoms with van der Waals surface area (Å²) < 4.78 is 0. The molecule has 0 bridgehead atoms. The summed E-state index contributed by atoms with van der Waals surface area (Å²) in [5.74, 6) is 5.29. The first-order chi connectivity index (χ1) is 6.13. The number of hydrazine groups is 2. The van der Waals surface area contributed by atoms with Crippen molar-refractivity contribution in [3.63, 3.8) is 0 Å². The Balaban J connectivity index is 2.33. The van der Waals surface area contributed by atoms with E-state index in [4.69, 9.17) is 10.7 Å².